The van der Waals surface area contributed by atoms with Crippen molar-refractivity contribution in [1.82, 2.24) is 15.1 Å². The molecule has 0 saturated carbocycles. The molecule has 2 atom stereocenters. The van der Waals surface area contributed by atoms with Crippen molar-refractivity contribution in [2.24, 2.45) is 0 Å². The van der Waals surface area contributed by atoms with E-state index in [1.807, 2.05) is 0 Å². The average Bonchev–Trinajstić information content (AvgIpc) is 2.61. The topological polar surface area (TPSA) is 27.7 Å². The third kappa shape index (κ3) is 4.50. The molecule has 18 heavy (non-hydrogen) atoms. The van der Waals surface area contributed by atoms with Gasteiger partial charge in [0.05, 0.1) is 12.7 Å². The first-order valence-electron chi connectivity index (χ1n) is 7.54. The molecule has 1 N–H and O–H groups in total. The molecule has 106 valence electrons. The van der Waals surface area contributed by atoms with E-state index in [9.17, 15) is 0 Å². The fourth-order valence-corrected chi connectivity index (χ4v) is 2.96. The fourth-order valence-electron chi connectivity index (χ4n) is 2.96. The van der Waals surface area contributed by atoms with Crippen molar-refractivity contribution in [2.75, 3.05) is 52.9 Å². The average molecular weight is 255 g/mol. The monoisotopic (exact) mass is 255 g/mol. The number of nitrogens with zero attached hydrogens (tertiary/aromatic N) is 2. The molecule has 0 spiro atoms. The van der Waals surface area contributed by atoms with Gasteiger partial charge in [0.2, 0.25) is 0 Å². The Bertz CT molecular complexity index is 237. The second-order valence-corrected chi connectivity index (χ2v) is 5.73. The van der Waals surface area contributed by atoms with E-state index in [1.54, 1.807) is 0 Å². The standard InChI is InChI=1S/C14H29N3O/c1-3-17-7-4-5-13(6-8-17)15-11-14-12-16(2)9-10-18-14/h13-15H,3-12H2,1-2H3. The zero-order valence-corrected chi connectivity index (χ0v) is 12.0. The lowest BCUT2D eigenvalue weighted by molar-refractivity contribution is -0.0194. The third-order valence-electron chi connectivity index (χ3n) is 4.24. The quantitative estimate of drug-likeness (QED) is 0.803. The van der Waals surface area contributed by atoms with Gasteiger partial charge in [-0.15, -0.1) is 0 Å². The molecule has 4 nitrogen and oxygen atoms in total. The van der Waals surface area contributed by atoms with Gasteiger partial charge in [0.15, 0.2) is 0 Å². The van der Waals surface area contributed by atoms with Gasteiger partial charge in [-0.2, -0.15) is 0 Å². The van der Waals surface area contributed by atoms with Crippen LogP contribution in [0.1, 0.15) is 26.2 Å². The molecule has 2 rings (SSSR count). The largest absolute Gasteiger partial charge is 0.374 e. The Morgan fingerprint density at radius 1 is 1.22 bits per heavy atom. The highest BCUT2D eigenvalue weighted by molar-refractivity contribution is 4.78. The van der Waals surface area contributed by atoms with Crippen molar-refractivity contribution < 1.29 is 4.74 Å². The summed E-state index contributed by atoms with van der Waals surface area (Å²) in [4.78, 5) is 4.92. The number of likely N-dealkylation sites (N-methyl/N-ethyl adjacent to an activating group) is 1. The minimum Gasteiger partial charge on any atom is -0.374 e. The molecule has 2 fully saturated rings. The van der Waals surface area contributed by atoms with Gasteiger partial charge in [-0.25, -0.2) is 0 Å². The zero-order valence-electron chi connectivity index (χ0n) is 12.0. The summed E-state index contributed by atoms with van der Waals surface area (Å²) in [5.41, 5.74) is 0. The fraction of sp³-hybridized carbons (Fsp3) is 1.00. The second kappa shape index (κ2) is 7.43. The maximum Gasteiger partial charge on any atom is 0.0826 e. The first-order valence-corrected chi connectivity index (χ1v) is 7.54. The Balaban J connectivity index is 1.66. The van der Waals surface area contributed by atoms with Crippen molar-refractivity contribution in [3.63, 3.8) is 0 Å². The number of rotatable bonds is 4. The molecule has 0 radical (unpaired) electrons. The van der Waals surface area contributed by atoms with Crippen molar-refractivity contribution in [3.05, 3.63) is 0 Å². The number of ether oxygens (including phenoxy) is 1. The lowest BCUT2D eigenvalue weighted by Gasteiger charge is -2.31. The van der Waals surface area contributed by atoms with E-state index in [1.165, 1.54) is 38.9 Å². The summed E-state index contributed by atoms with van der Waals surface area (Å²) in [6.07, 6.45) is 4.32. The van der Waals surface area contributed by atoms with Crippen LogP contribution in [0.2, 0.25) is 0 Å². The van der Waals surface area contributed by atoms with Crippen LogP contribution in [-0.2, 0) is 4.74 Å². The number of hydrogen-bond donors (Lipinski definition) is 1. The van der Waals surface area contributed by atoms with Crippen LogP contribution in [-0.4, -0.2) is 74.9 Å². The van der Waals surface area contributed by atoms with Gasteiger partial charge in [-0.1, -0.05) is 6.92 Å². The van der Waals surface area contributed by atoms with Crippen molar-refractivity contribution in [2.45, 2.75) is 38.3 Å². The molecule has 4 heteroatoms. The zero-order chi connectivity index (χ0) is 12.8. The molecule has 0 aromatic heterocycles. The van der Waals surface area contributed by atoms with Crippen molar-refractivity contribution in [3.8, 4) is 0 Å². The summed E-state index contributed by atoms with van der Waals surface area (Å²) in [5.74, 6) is 0. The normalized spacial score (nSPS) is 32.3. The van der Waals surface area contributed by atoms with E-state index in [0.717, 1.165) is 26.2 Å². The van der Waals surface area contributed by atoms with Crippen LogP contribution in [0.4, 0.5) is 0 Å². The van der Waals surface area contributed by atoms with Gasteiger partial charge in [-0.3, -0.25) is 0 Å². The molecule has 2 saturated heterocycles. The second-order valence-electron chi connectivity index (χ2n) is 5.73. The van der Waals surface area contributed by atoms with E-state index in [4.69, 9.17) is 4.74 Å². The minimum atomic E-state index is 0.384. The summed E-state index contributed by atoms with van der Waals surface area (Å²) < 4.78 is 5.80. The van der Waals surface area contributed by atoms with E-state index in [0.29, 0.717) is 12.1 Å². The Morgan fingerprint density at radius 2 is 2.11 bits per heavy atom. The lowest BCUT2D eigenvalue weighted by atomic mass is 10.1. The van der Waals surface area contributed by atoms with E-state index in [2.05, 4.69) is 29.1 Å². The first-order chi connectivity index (χ1) is 8.78. The third-order valence-corrected chi connectivity index (χ3v) is 4.24. The maximum absolute atomic E-state index is 5.80. The molecular weight excluding hydrogens is 226 g/mol. The summed E-state index contributed by atoms with van der Waals surface area (Å²) in [7, 11) is 2.18. The van der Waals surface area contributed by atoms with Gasteiger partial charge in [0.1, 0.15) is 0 Å². The van der Waals surface area contributed by atoms with Crippen LogP contribution >= 0.6 is 0 Å². The summed E-state index contributed by atoms with van der Waals surface area (Å²) >= 11 is 0. The number of hydrogen-bond acceptors (Lipinski definition) is 4. The Labute approximate surface area is 112 Å². The van der Waals surface area contributed by atoms with E-state index in [-0.39, 0.29) is 0 Å². The number of morpholine rings is 1. The van der Waals surface area contributed by atoms with Crippen LogP contribution < -0.4 is 5.32 Å². The van der Waals surface area contributed by atoms with Crippen molar-refractivity contribution in [1.29, 1.82) is 0 Å². The van der Waals surface area contributed by atoms with Gasteiger partial charge >= 0.3 is 0 Å². The molecule has 2 unspecified atom stereocenters. The number of nitrogens with one attached hydrogen (secondary N) is 1. The van der Waals surface area contributed by atoms with Crippen LogP contribution in [0.25, 0.3) is 0 Å². The molecule has 0 bridgehead atoms. The molecular formula is C14H29N3O. The van der Waals surface area contributed by atoms with Crippen LogP contribution in [0, 0.1) is 0 Å². The van der Waals surface area contributed by atoms with Gasteiger partial charge < -0.3 is 19.9 Å². The van der Waals surface area contributed by atoms with Crippen LogP contribution in [0.15, 0.2) is 0 Å². The van der Waals surface area contributed by atoms with Crippen LogP contribution in [0.5, 0.6) is 0 Å². The molecule has 0 aromatic rings. The van der Waals surface area contributed by atoms with Gasteiger partial charge in [0, 0.05) is 25.7 Å². The summed E-state index contributed by atoms with van der Waals surface area (Å²) in [5, 5.41) is 3.72. The predicted molar refractivity (Wildman–Crippen MR) is 75.0 cm³/mol. The van der Waals surface area contributed by atoms with Gasteiger partial charge in [-0.05, 0) is 45.9 Å². The molecule has 0 aliphatic carbocycles. The molecule has 2 aliphatic heterocycles. The molecule has 0 amide bonds. The Hall–Kier alpha value is -0.160. The summed E-state index contributed by atoms with van der Waals surface area (Å²) in [6.45, 7) is 10.0. The SMILES string of the molecule is CCN1CCCC(NCC2CN(C)CCO2)CC1. The highest BCUT2D eigenvalue weighted by Crippen LogP contribution is 2.11. The smallest absolute Gasteiger partial charge is 0.0826 e. The Kier molecular flexibility index (Phi) is 5.89. The molecule has 0 aromatic carbocycles. The Morgan fingerprint density at radius 3 is 2.89 bits per heavy atom. The van der Waals surface area contributed by atoms with Crippen LogP contribution in [0.3, 0.4) is 0 Å². The minimum absolute atomic E-state index is 0.384. The molecule has 2 heterocycles. The van der Waals surface area contributed by atoms with E-state index >= 15 is 0 Å². The predicted octanol–water partition coefficient (Wildman–Crippen LogP) is 0.781. The van der Waals surface area contributed by atoms with Crippen molar-refractivity contribution >= 4 is 0 Å². The number of likely N-dealkylation sites (tertiary alicyclic amines) is 1. The first kappa shape index (κ1) is 14.3. The maximum atomic E-state index is 5.80. The molecule has 2 aliphatic rings. The highest BCUT2D eigenvalue weighted by Gasteiger charge is 2.20. The summed E-state index contributed by atoms with van der Waals surface area (Å²) in [6, 6.07) is 0.692. The van der Waals surface area contributed by atoms with E-state index < -0.39 is 0 Å². The highest BCUT2D eigenvalue weighted by atomic mass is 16.5. The van der Waals surface area contributed by atoms with Gasteiger partial charge in [0.25, 0.3) is 0 Å². The lowest BCUT2D eigenvalue weighted by Crippen LogP contribution is -2.46.